The number of rotatable bonds is 6. The number of anilines is 1. The molecule has 1 heterocycles. The zero-order valence-corrected chi connectivity index (χ0v) is 16.5. The molecule has 1 aliphatic heterocycles. The average Bonchev–Trinajstić information content (AvgIpc) is 3.22. The fourth-order valence-corrected chi connectivity index (χ4v) is 4.67. The molecule has 0 spiro atoms. The maximum absolute atomic E-state index is 13.1. The average molecular weight is 383 g/mol. The molecule has 4 heteroatoms. The van der Waals surface area contributed by atoms with Gasteiger partial charge in [0.1, 0.15) is 5.82 Å². The molecule has 2 atom stereocenters. The Kier molecular flexibility index (Phi) is 6.28. The third kappa shape index (κ3) is 4.73. The lowest BCUT2D eigenvalue weighted by Gasteiger charge is -2.33. The van der Waals surface area contributed by atoms with Crippen LogP contribution in [0.5, 0.6) is 0 Å². The molecule has 4 rings (SSSR count). The van der Waals surface area contributed by atoms with Crippen molar-refractivity contribution in [1.29, 1.82) is 0 Å². The normalized spacial score (nSPS) is 23.3. The van der Waals surface area contributed by atoms with E-state index in [0.29, 0.717) is 24.5 Å². The summed E-state index contributed by atoms with van der Waals surface area (Å²) in [6, 6.07) is 16.5. The van der Waals surface area contributed by atoms with Crippen LogP contribution in [0.1, 0.15) is 49.1 Å². The molecular formula is C24H31FN2O. The molecule has 1 saturated carbocycles. The van der Waals surface area contributed by atoms with E-state index >= 15 is 0 Å². The van der Waals surface area contributed by atoms with Crippen molar-refractivity contribution in [1.82, 2.24) is 5.32 Å². The number of hydrogen-bond acceptors (Lipinski definition) is 3. The molecule has 150 valence electrons. The van der Waals surface area contributed by atoms with Crippen LogP contribution >= 0.6 is 0 Å². The first-order valence-electron chi connectivity index (χ1n) is 10.6. The number of hydrogen-bond donors (Lipinski definition) is 2. The molecule has 0 radical (unpaired) electrons. The molecule has 2 aromatic carbocycles. The van der Waals surface area contributed by atoms with Gasteiger partial charge in [0.15, 0.2) is 0 Å². The summed E-state index contributed by atoms with van der Waals surface area (Å²) in [5, 5.41) is 13.0. The van der Waals surface area contributed by atoms with Crippen LogP contribution < -0.4 is 10.2 Å². The number of nitrogens with zero attached hydrogens (tertiary/aromatic N) is 1. The number of aliphatic hydroxyl groups is 1. The second kappa shape index (κ2) is 9.06. The minimum Gasteiger partial charge on any atom is -0.396 e. The summed E-state index contributed by atoms with van der Waals surface area (Å²) in [6.45, 7) is 3.29. The summed E-state index contributed by atoms with van der Waals surface area (Å²) in [6.07, 6.45) is 5.64. The monoisotopic (exact) mass is 382 g/mol. The van der Waals surface area contributed by atoms with Gasteiger partial charge in [-0.05, 0) is 79.3 Å². The third-order valence-corrected chi connectivity index (χ3v) is 6.54. The van der Waals surface area contributed by atoms with E-state index in [-0.39, 0.29) is 5.82 Å². The van der Waals surface area contributed by atoms with Crippen molar-refractivity contribution in [3.8, 4) is 0 Å². The molecule has 2 aromatic rings. The molecule has 28 heavy (non-hydrogen) atoms. The van der Waals surface area contributed by atoms with Gasteiger partial charge in [-0.2, -0.15) is 0 Å². The first kappa shape index (κ1) is 19.4. The molecule has 3 nitrogen and oxygen atoms in total. The molecular weight excluding hydrogens is 351 g/mol. The Morgan fingerprint density at radius 2 is 1.64 bits per heavy atom. The fourth-order valence-electron chi connectivity index (χ4n) is 4.67. The topological polar surface area (TPSA) is 35.5 Å². The van der Waals surface area contributed by atoms with Crippen LogP contribution in [-0.2, 0) is 6.54 Å². The lowest BCUT2D eigenvalue weighted by molar-refractivity contribution is 0.203. The number of aliphatic hydroxyl groups excluding tert-OH is 1. The van der Waals surface area contributed by atoms with Gasteiger partial charge in [0, 0.05) is 38.0 Å². The highest BCUT2D eigenvalue weighted by molar-refractivity contribution is 5.48. The second-order valence-electron chi connectivity index (χ2n) is 8.42. The summed E-state index contributed by atoms with van der Waals surface area (Å²) in [5.41, 5.74) is 3.87. The molecule has 2 N–H and O–H groups in total. The molecule has 1 aliphatic carbocycles. The largest absolute Gasteiger partial charge is 0.396 e. The Morgan fingerprint density at radius 3 is 2.32 bits per heavy atom. The minimum absolute atomic E-state index is 0.155. The van der Waals surface area contributed by atoms with Crippen LogP contribution in [0.25, 0.3) is 0 Å². The van der Waals surface area contributed by atoms with E-state index in [0.717, 1.165) is 38.9 Å². The zero-order valence-electron chi connectivity index (χ0n) is 16.5. The van der Waals surface area contributed by atoms with E-state index in [9.17, 15) is 9.50 Å². The Hall–Kier alpha value is -1.91. The Bertz CT molecular complexity index is 738. The molecule has 1 saturated heterocycles. The molecule has 2 aliphatic rings. The smallest absolute Gasteiger partial charge is 0.123 e. The second-order valence-corrected chi connectivity index (χ2v) is 8.42. The Morgan fingerprint density at radius 1 is 0.929 bits per heavy atom. The van der Waals surface area contributed by atoms with E-state index < -0.39 is 0 Å². The Labute approximate surface area is 167 Å². The van der Waals surface area contributed by atoms with Gasteiger partial charge in [-0.25, -0.2) is 4.39 Å². The fraction of sp³-hybridized carbons (Fsp3) is 0.500. The maximum Gasteiger partial charge on any atom is 0.123 e. The van der Waals surface area contributed by atoms with Crippen molar-refractivity contribution in [3.63, 3.8) is 0 Å². The predicted molar refractivity (Wildman–Crippen MR) is 112 cm³/mol. The molecule has 2 fully saturated rings. The summed E-state index contributed by atoms with van der Waals surface area (Å²) in [5.74, 6) is 0.866. The number of benzene rings is 2. The predicted octanol–water partition coefficient (Wildman–Crippen LogP) is 4.46. The van der Waals surface area contributed by atoms with Gasteiger partial charge in [-0.1, -0.05) is 24.3 Å². The van der Waals surface area contributed by atoms with Gasteiger partial charge in [-0.3, -0.25) is 0 Å². The number of halogens is 1. The van der Waals surface area contributed by atoms with Crippen molar-refractivity contribution < 1.29 is 9.50 Å². The van der Waals surface area contributed by atoms with Crippen molar-refractivity contribution in [2.24, 2.45) is 5.92 Å². The molecule has 0 amide bonds. The summed E-state index contributed by atoms with van der Waals surface area (Å²) >= 11 is 0. The van der Waals surface area contributed by atoms with Crippen molar-refractivity contribution in [2.75, 3.05) is 24.6 Å². The maximum atomic E-state index is 13.1. The first-order valence-corrected chi connectivity index (χ1v) is 10.6. The first-order chi connectivity index (χ1) is 13.7. The van der Waals surface area contributed by atoms with Gasteiger partial charge >= 0.3 is 0 Å². The van der Waals surface area contributed by atoms with Crippen LogP contribution in [0.2, 0.25) is 0 Å². The van der Waals surface area contributed by atoms with Crippen molar-refractivity contribution in [3.05, 3.63) is 65.5 Å². The molecule has 0 bridgehead atoms. The third-order valence-electron chi connectivity index (χ3n) is 6.54. The van der Waals surface area contributed by atoms with E-state index in [1.807, 2.05) is 12.1 Å². The van der Waals surface area contributed by atoms with Gasteiger partial charge in [-0.15, -0.1) is 0 Å². The summed E-state index contributed by atoms with van der Waals surface area (Å²) < 4.78 is 13.1. The Balaban J connectivity index is 1.25. The highest BCUT2D eigenvalue weighted by Gasteiger charge is 2.25. The van der Waals surface area contributed by atoms with E-state index in [4.69, 9.17) is 0 Å². The van der Waals surface area contributed by atoms with Crippen LogP contribution in [0.3, 0.4) is 0 Å². The van der Waals surface area contributed by atoms with Crippen LogP contribution in [-0.4, -0.2) is 30.8 Å². The molecule has 2 unspecified atom stereocenters. The van der Waals surface area contributed by atoms with Crippen LogP contribution in [0.15, 0.2) is 48.5 Å². The van der Waals surface area contributed by atoms with Crippen LogP contribution in [0, 0.1) is 11.7 Å². The lowest BCUT2D eigenvalue weighted by Crippen LogP contribution is -2.34. The van der Waals surface area contributed by atoms with E-state index in [2.05, 4.69) is 34.5 Å². The number of piperidine rings is 1. The van der Waals surface area contributed by atoms with Gasteiger partial charge < -0.3 is 15.3 Å². The van der Waals surface area contributed by atoms with Gasteiger partial charge in [0.2, 0.25) is 0 Å². The molecule has 0 aromatic heterocycles. The SMILES string of the molecule is OCC1CCN(c2ccc(CNC3CCC(c4ccc(F)cc4)C3)cc2)CC1. The lowest BCUT2D eigenvalue weighted by atomic mass is 9.97. The highest BCUT2D eigenvalue weighted by Crippen LogP contribution is 2.34. The zero-order chi connectivity index (χ0) is 19.3. The van der Waals surface area contributed by atoms with Crippen molar-refractivity contribution in [2.45, 2.75) is 50.6 Å². The highest BCUT2D eigenvalue weighted by atomic mass is 19.1. The van der Waals surface area contributed by atoms with Crippen molar-refractivity contribution >= 4 is 5.69 Å². The standard InChI is InChI=1S/C24H31FN2O/c25-22-6-3-20(4-7-22)21-5-8-23(15-21)26-16-18-1-9-24(10-2-18)27-13-11-19(17-28)12-14-27/h1-4,6-7,9-10,19,21,23,26,28H,5,8,11-17H2. The number of nitrogens with one attached hydrogen (secondary N) is 1. The minimum atomic E-state index is -0.155. The summed E-state index contributed by atoms with van der Waals surface area (Å²) in [7, 11) is 0. The van der Waals surface area contributed by atoms with Gasteiger partial charge in [0.25, 0.3) is 0 Å². The van der Waals surface area contributed by atoms with E-state index in [1.165, 1.54) is 29.7 Å². The van der Waals surface area contributed by atoms with E-state index in [1.54, 1.807) is 12.1 Å². The summed E-state index contributed by atoms with van der Waals surface area (Å²) in [4.78, 5) is 2.42. The van der Waals surface area contributed by atoms with Gasteiger partial charge in [0.05, 0.1) is 0 Å². The van der Waals surface area contributed by atoms with Crippen LogP contribution in [0.4, 0.5) is 10.1 Å². The quantitative estimate of drug-likeness (QED) is 0.774.